The average Bonchev–Trinajstić information content (AvgIpc) is 2.38. The minimum Gasteiger partial charge on any atom is -0.392 e. The lowest BCUT2D eigenvalue weighted by molar-refractivity contribution is -0.386. The summed E-state index contributed by atoms with van der Waals surface area (Å²) in [4.78, 5) is 11.6. The summed E-state index contributed by atoms with van der Waals surface area (Å²) < 4.78 is 0. The number of nitrogens with two attached hydrogens (primary N) is 1. The molecule has 104 valence electrons. The lowest BCUT2D eigenvalue weighted by Crippen LogP contribution is -1.99. The van der Waals surface area contributed by atoms with E-state index in [4.69, 9.17) is 40.5 Å². The molecule has 0 aliphatic rings. The van der Waals surface area contributed by atoms with E-state index < -0.39 is 4.92 Å². The molecule has 0 atom stereocenters. The van der Waals surface area contributed by atoms with Crippen molar-refractivity contribution in [1.29, 1.82) is 0 Å². The molecule has 0 saturated carbocycles. The van der Waals surface area contributed by atoms with Crippen molar-refractivity contribution in [2.75, 3.05) is 5.73 Å². The Morgan fingerprint density at radius 1 is 1.10 bits per heavy atom. The van der Waals surface area contributed by atoms with Crippen LogP contribution in [0.3, 0.4) is 0 Å². The number of hydrogen-bond donors (Lipinski definition) is 1. The van der Waals surface area contributed by atoms with Crippen molar-refractivity contribution in [2.45, 2.75) is 9.79 Å². The molecule has 0 aliphatic heterocycles. The summed E-state index contributed by atoms with van der Waals surface area (Å²) in [5, 5.41) is 12.0. The highest BCUT2D eigenvalue weighted by Gasteiger charge is 2.25. The summed E-state index contributed by atoms with van der Waals surface area (Å²) in [6, 6.07) is 8.23. The molecule has 0 radical (unpaired) electrons. The first kappa shape index (κ1) is 15.3. The molecule has 0 aromatic heterocycles. The molecule has 0 heterocycles. The van der Waals surface area contributed by atoms with Gasteiger partial charge in [-0.15, -0.1) is 0 Å². The molecule has 0 unspecified atom stereocenters. The van der Waals surface area contributed by atoms with Gasteiger partial charge >= 0.3 is 5.69 Å². The van der Waals surface area contributed by atoms with Gasteiger partial charge in [0.2, 0.25) is 0 Å². The van der Waals surface area contributed by atoms with E-state index in [9.17, 15) is 10.1 Å². The third-order valence-electron chi connectivity index (χ3n) is 2.41. The van der Waals surface area contributed by atoms with Gasteiger partial charge in [-0.1, -0.05) is 46.6 Å². The van der Waals surface area contributed by atoms with E-state index in [0.717, 1.165) is 16.7 Å². The Bertz CT molecular complexity index is 677. The van der Waals surface area contributed by atoms with Gasteiger partial charge in [-0.2, -0.15) is 0 Å². The largest absolute Gasteiger partial charge is 0.392 e. The number of benzene rings is 2. The first-order valence-electron chi connectivity index (χ1n) is 5.25. The van der Waals surface area contributed by atoms with Crippen LogP contribution in [-0.4, -0.2) is 4.92 Å². The van der Waals surface area contributed by atoms with Crippen LogP contribution in [0.2, 0.25) is 15.1 Å². The van der Waals surface area contributed by atoms with Gasteiger partial charge in [-0.25, -0.2) is 0 Å². The lowest BCUT2D eigenvalue weighted by Gasteiger charge is -2.09. The lowest BCUT2D eigenvalue weighted by atomic mass is 10.3. The van der Waals surface area contributed by atoms with Crippen LogP contribution in [0.4, 0.5) is 11.4 Å². The Labute approximate surface area is 134 Å². The summed E-state index contributed by atoms with van der Waals surface area (Å²) in [5.74, 6) is 0. The maximum atomic E-state index is 11.2. The van der Waals surface area contributed by atoms with E-state index in [-0.39, 0.29) is 26.3 Å². The minimum absolute atomic E-state index is 0.0576. The molecule has 20 heavy (non-hydrogen) atoms. The number of nitrogens with zero attached hydrogens (tertiary/aromatic N) is 1. The second-order valence-corrected chi connectivity index (χ2v) is 6.08. The van der Waals surface area contributed by atoms with E-state index in [1.54, 1.807) is 24.3 Å². The topological polar surface area (TPSA) is 69.2 Å². The summed E-state index contributed by atoms with van der Waals surface area (Å²) in [6.07, 6.45) is 0. The molecule has 0 spiro atoms. The predicted octanol–water partition coefficient (Wildman–Crippen LogP) is 5.29. The fraction of sp³-hybridized carbons (Fsp3) is 0. The zero-order valence-electron chi connectivity index (χ0n) is 9.77. The third-order valence-corrected chi connectivity index (χ3v) is 4.51. The SMILES string of the molecule is Nc1c(Cl)cc(Cl)c(Sc2ccc(Cl)cc2)c1[N+](=O)[O-]. The molecule has 0 fully saturated rings. The van der Waals surface area contributed by atoms with Gasteiger partial charge in [0.25, 0.3) is 0 Å². The Kier molecular flexibility index (Phi) is 4.65. The van der Waals surface area contributed by atoms with Gasteiger partial charge in [0.15, 0.2) is 0 Å². The maximum absolute atomic E-state index is 11.2. The standard InChI is InChI=1S/C12H7Cl3N2O2S/c13-6-1-3-7(4-2-6)20-12-9(15)5-8(14)10(16)11(12)17(18)19/h1-5H,16H2. The normalized spacial score (nSPS) is 10.6. The van der Waals surface area contributed by atoms with Crippen LogP contribution in [0, 0.1) is 10.1 Å². The number of halogens is 3. The zero-order chi connectivity index (χ0) is 14.9. The first-order chi connectivity index (χ1) is 9.40. The molecule has 0 saturated heterocycles. The molecule has 8 heteroatoms. The monoisotopic (exact) mass is 348 g/mol. The molecular weight excluding hydrogens is 343 g/mol. The second kappa shape index (κ2) is 6.10. The van der Waals surface area contributed by atoms with Crippen LogP contribution in [0.5, 0.6) is 0 Å². The fourth-order valence-corrected chi connectivity index (χ4v) is 3.14. The smallest absolute Gasteiger partial charge is 0.308 e. The van der Waals surface area contributed by atoms with Crippen LogP contribution in [0.15, 0.2) is 40.1 Å². The molecule has 2 rings (SSSR count). The van der Waals surface area contributed by atoms with E-state index in [0.29, 0.717) is 5.02 Å². The number of nitro groups is 1. The highest BCUT2D eigenvalue weighted by Crippen LogP contribution is 2.45. The van der Waals surface area contributed by atoms with Gasteiger partial charge in [-0.3, -0.25) is 10.1 Å². The maximum Gasteiger partial charge on any atom is 0.308 e. The Hall–Kier alpha value is -1.14. The molecule has 0 amide bonds. The van der Waals surface area contributed by atoms with Gasteiger partial charge in [0.05, 0.1) is 15.0 Å². The number of nitro benzene ring substituents is 1. The van der Waals surface area contributed by atoms with E-state index in [1.807, 2.05) is 0 Å². The van der Waals surface area contributed by atoms with Crippen LogP contribution in [0.1, 0.15) is 0 Å². The van der Waals surface area contributed by atoms with Gasteiger partial charge < -0.3 is 5.73 Å². The van der Waals surface area contributed by atoms with E-state index >= 15 is 0 Å². The molecule has 2 N–H and O–H groups in total. The molecule has 4 nitrogen and oxygen atoms in total. The van der Waals surface area contributed by atoms with Crippen LogP contribution < -0.4 is 5.73 Å². The van der Waals surface area contributed by atoms with Crippen molar-refractivity contribution >= 4 is 57.9 Å². The average molecular weight is 350 g/mol. The van der Waals surface area contributed by atoms with Crippen LogP contribution in [0.25, 0.3) is 0 Å². The van der Waals surface area contributed by atoms with Crippen LogP contribution >= 0.6 is 46.6 Å². The number of anilines is 1. The van der Waals surface area contributed by atoms with Gasteiger partial charge in [0, 0.05) is 9.92 Å². The zero-order valence-corrected chi connectivity index (χ0v) is 12.9. The van der Waals surface area contributed by atoms with Crippen molar-refractivity contribution in [3.8, 4) is 0 Å². The van der Waals surface area contributed by atoms with Crippen molar-refractivity contribution in [3.63, 3.8) is 0 Å². The third kappa shape index (κ3) is 3.12. The molecule has 0 bridgehead atoms. The molecule has 2 aromatic rings. The number of hydrogen-bond acceptors (Lipinski definition) is 4. The van der Waals surface area contributed by atoms with E-state index in [1.165, 1.54) is 6.07 Å². The van der Waals surface area contributed by atoms with E-state index in [2.05, 4.69) is 0 Å². The highest BCUT2D eigenvalue weighted by molar-refractivity contribution is 7.99. The quantitative estimate of drug-likeness (QED) is 0.464. The Balaban J connectivity index is 2.53. The Morgan fingerprint density at radius 3 is 2.25 bits per heavy atom. The van der Waals surface area contributed by atoms with Crippen LogP contribution in [-0.2, 0) is 0 Å². The first-order valence-corrected chi connectivity index (χ1v) is 7.20. The minimum atomic E-state index is -0.592. The van der Waals surface area contributed by atoms with Gasteiger partial charge in [-0.05, 0) is 30.3 Å². The second-order valence-electron chi connectivity index (χ2n) is 3.74. The molecule has 2 aromatic carbocycles. The van der Waals surface area contributed by atoms with Crippen molar-refractivity contribution in [2.24, 2.45) is 0 Å². The van der Waals surface area contributed by atoms with Crippen molar-refractivity contribution in [3.05, 3.63) is 55.5 Å². The van der Waals surface area contributed by atoms with Gasteiger partial charge in [0.1, 0.15) is 10.6 Å². The summed E-state index contributed by atoms with van der Waals surface area (Å²) in [6.45, 7) is 0. The summed E-state index contributed by atoms with van der Waals surface area (Å²) >= 11 is 18.8. The molecule has 0 aliphatic carbocycles. The fourth-order valence-electron chi connectivity index (χ4n) is 1.50. The summed E-state index contributed by atoms with van der Waals surface area (Å²) in [7, 11) is 0. The van der Waals surface area contributed by atoms with Crippen molar-refractivity contribution < 1.29 is 4.92 Å². The van der Waals surface area contributed by atoms with Crippen molar-refractivity contribution in [1.82, 2.24) is 0 Å². The molecular formula is C12H7Cl3N2O2S. The highest BCUT2D eigenvalue weighted by atomic mass is 35.5. The number of rotatable bonds is 3. The Morgan fingerprint density at radius 2 is 1.70 bits per heavy atom. The summed E-state index contributed by atoms with van der Waals surface area (Å²) in [5.41, 5.74) is 5.28. The predicted molar refractivity (Wildman–Crippen MR) is 83.1 cm³/mol. The number of nitrogen functional groups attached to an aromatic ring is 1.